The molecule has 0 fully saturated rings. The lowest BCUT2D eigenvalue weighted by Gasteiger charge is -1.91. The SMILES string of the molecule is Cc1scc2cc(Br)ccc12. The highest BCUT2D eigenvalue weighted by Gasteiger charge is 1.98. The van der Waals surface area contributed by atoms with Gasteiger partial charge in [-0.3, -0.25) is 0 Å². The van der Waals surface area contributed by atoms with Gasteiger partial charge in [0.05, 0.1) is 0 Å². The molecule has 0 amide bonds. The van der Waals surface area contributed by atoms with Crippen LogP contribution in [0.1, 0.15) is 4.88 Å². The van der Waals surface area contributed by atoms with E-state index in [1.807, 2.05) is 0 Å². The maximum Gasteiger partial charge on any atom is 0.0181 e. The second-order valence-electron chi connectivity index (χ2n) is 2.52. The second-order valence-corrected chi connectivity index (χ2v) is 4.52. The molecule has 0 saturated heterocycles. The van der Waals surface area contributed by atoms with Gasteiger partial charge in [-0.1, -0.05) is 22.0 Å². The number of thiophene rings is 1. The van der Waals surface area contributed by atoms with Crippen LogP contribution in [0.4, 0.5) is 0 Å². The summed E-state index contributed by atoms with van der Waals surface area (Å²) in [7, 11) is 0. The monoisotopic (exact) mass is 226 g/mol. The van der Waals surface area contributed by atoms with E-state index in [0.29, 0.717) is 0 Å². The van der Waals surface area contributed by atoms with Gasteiger partial charge in [0.15, 0.2) is 0 Å². The van der Waals surface area contributed by atoms with E-state index < -0.39 is 0 Å². The molecule has 2 aromatic rings. The number of rotatable bonds is 0. The van der Waals surface area contributed by atoms with Crippen LogP contribution in [-0.2, 0) is 0 Å². The van der Waals surface area contributed by atoms with Crippen LogP contribution in [0.2, 0.25) is 0 Å². The van der Waals surface area contributed by atoms with Crippen LogP contribution in [0.5, 0.6) is 0 Å². The predicted octanol–water partition coefficient (Wildman–Crippen LogP) is 3.97. The van der Waals surface area contributed by atoms with E-state index in [0.717, 1.165) is 4.47 Å². The zero-order valence-corrected chi connectivity index (χ0v) is 8.50. The van der Waals surface area contributed by atoms with Gasteiger partial charge in [0.1, 0.15) is 0 Å². The van der Waals surface area contributed by atoms with Crippen LogP contribution in [-0.4, -0.2) is 0 Å². The summed E-state index contributed by atoms with van der Waals surface area (Å²) < 4.78 is 1.16. The third kappa shape index (κ3) is 1.21. The minimum Gasteiger partial charge on any atom is -0.148 e. The number of aryl methyl sites for hydroxylation is 1. The van der Waals surface area contributed by atoms with E-state index >= 15 is 0 Å². The highest BCUT2D eigenvalue weighted by molar-refractivity contribution is 9.10. The maximum absolute atomic E-state index is 3.45. The Morgan fingerprint density at radius 1 is 1.36 bits per heavy atom. The Bertz CT molecular complexity index is 389. The molecule has 2 heteroatoms. The van der Waals surface area contributed by atoms with E-state index in [2.05, 4.69) is 46.4 Å². The Balaban J connectivity index is 2.86. The van der Waals surface area contributed by atoms with Crippen molar-refractivity contribution in [1.82, 2.24) is 0 Å². The van der Waals surface area contributed by atoms with Gasteiger partial charge >= 0.3 is 0 Å². The van der Waals surface area contributed by atoms with Crippen LogP contribution in [0, 0.1) is 6.92 Å². The minimum absolute atomic E-state index is 1.16. The fourth-order valence-electron chi connectivity index (χ4n) is 1.17. The zero-order valence-electron chi connectivity index (χ0n) is 6.10. The first-order chi connectivity index (χ1) is 5.27. The molecule has 11 heavy (non-hydrogen) atoms. The standard InChI is InChI=1S/C9H7BrS/c1-6-9-3-2-8(10)4-7(9)5-11-6/h2-5H,1H3. The molecule has 0 unspecified atom stereocenters. The molecule has 0 saturated carbocycles. The van der Waals surface area contributed by atoms with Crippen LogP contribution in [0.15, 0.2) is 28.1 Å². The van der Waals surface area contributed by atoms with Crippen LogP contribution in [0.3, 0.4) is 0 Å². The van der Waals surface area contributed by atoms with Crippen molar-refractivity contribution in [3.05, 3.63) is 32.9 Å². The average molecular weight is 227 g/mol. The van der Waals surface area contributed by atoms with Gasteiger partial charge < -0.3 is 0 Å². The van der Waals surface area contributed by atoms with Gasteiger partial charge in [-0.15, -0.1) is 11.3 Å². The Kier molecular flexibility index (Phi) is 1.74. The third-order valence-corrected chi connectivity index (χ3v) is 3.19. The Morgan fingerprint density at radius 3 is 3.00 bits per heavy atom. The van der Waals surface area contributed by atoms with Gasteiger partial charge in [0, 0.05) is 9.35 Å². The van der Waals surface area contributed by atoms with E-state index in [9.17, 15) is 0 Å². The molecule has 0 N–H and O–H groups in total. The summed E-state index contributed by atoms with van der Waals surface area (Å²) in [6.45, 7) is 2.15. The summed E-state index contributed by atoms with van der Waals surface area (Å²) >= 11 is 5.25. The van der Waals surface area contributed by atoms with E-state index in [4.69, 9.17) is 0 Å². The maximum atomic E-state index is 3.45. The lowest BCUT2D eigenvalue weighted by Crippen LogP contribution is -1.66. The van der Waals surface area contributed by atoms with E-state index in [1.54, 1.807) is 11.3 Å². The molecule has 0 aliphatic heterocycles. The summed E-state index contributed by atoms with van der Waals surface area (Å²) in [4.78, 5) is 1.40. The second kappa shape index (κ2) is 2.61. The molecule has 2 rings (SSSR count). The van der Waals surface area contributed by atoms with Crippen molar-refractivity contribution >= 4 is 38.0 Å². The molecule has 56 valence electrons. The first-order valence-corrected chi connectivity index (χ1v) is 5.08. The minimum atomic E-state index is 1.16. The van der Waals surface area contributed by atoms with Crippen molar-refractivity contribution < 1.29 is 0 Å². The number of hydrogen-bond donors (Lipinski definition) is 0. The van der Waals surface area contributed by atoms with Crippen molar-refractivity contribution in [3.8, 4) is 0 Å². The van der Waals surface area contributed by atoms with Gasteiger partial charge in [0.2, 0.25) is 0 Å². The van der Waals surface area contributed by atoms with Crippen molar-refractivity contribution in [3.63, 3.8) is 0 Å². The highest BCUT2D eigenvalue weighted by atomic mass is 79.9. The molecule has 1 aromatic carbocycles. The molecule has 0 spiro atoms. The summed E-state index contributed by atoms with van der Waals surface area (Å²) in [5.41, 5.74) is 0. The lowest BCUT2D eigenvalue weighted by atomic mass is 10.2. The van der Waals surface area contributed by atoms with Crippen LogP contribution < -0.4 is 0 Å². The highest BCUT2D eigenvalue weighted by Crippen LogP contribution is 2.27. The average Bonchev–Trinajstić information content (AvgIpc) is 2.32. The zero-order chi connectivity index (χ0) is 7.84. The van der Waals surface area contributed by atoms with Gasteiger partial charge in [-0.25, -0.2) is 0 Å². The molecule has 0 bridgehead atoms. The number of fused-ring (bicyclic) bond motifs is 1. The third-order valence-electron chi connectivity index (χ3n) is 1.76. The molecule has 0 radical (unpaired) electrons. The molecule has 0 aliphatic rings. The van der Waals surface area contributed by atoms with Crippen LogP contribution >= 0.6 is 27.3 Å². The van der Waals surface area contributed by atoms with Crippen molar-refractivity contribution in [2.45, 2.75) is 6.92 Å². The Hall–Kier alpha value is -0.340. The Labute approximate surface area is 78.0 Å². The predicted molar refractivity (Wildman–Crippen MR) is 54.3 cm³/mol. The van der Waals surface area contributed by atoms with Gasteiger partial charge in [0.25, 0.3) is 0 Å². The quantitative estimate of drug-likeness (QED) is 0.638. The molecule has 0 atom stereocenters. The number of benzene rings is 1. The smallest absolute Gasteiger partial charge is 0.0181 e. The first-order valence-electron chi connectivity index (χ1n) is 3.41. The van der Waals surface area contributed by atoms with Gasteiger partial charge in [-0.2, -0.15) is 0 Å². The van der Waals surface area contributed by atoms with Crippen molar-refractivity contribution in [1.29, 1.82) is 0 Å². The Morgan fingerprint density at radius 2 is 2.18 bits per heavy atom. The molecule has 0 aliphatic carbocycles. The van der Waals surface area contributed by atoms with Crippen LogP contribution in [0.25, 0.3) is 10.8 Å². The summed E-state index contributed by atoms with van der Waals surface area (Å²) in [5.74, 6) is 0. The largest absolute Gasteiger partial charge is 0.148 e. The molecule has 1 aromatic heterocycles. The molecular weight excluding hydrogens is 220 g/mol. The van der Waals surface area contributed by atoms with E-state index in [-0.39, 0.29) is 0 Å². The molecule has 1 heterocycles. The first kappa shape index (κ1) is 7.32. The molecule has 0 nitrogen and oxygen atoms in total. The van der Waals surface area contributed by atoms with Gasteiger partial charge in [-0.05, 0) is 35.2 Å². The fraction of sp³-hybridized carbons (Fsp3) is 0.111. The lowest BCUT2D eigenvalue weighted by molar-refractivity contribution is 1.67. The summed E-state index contributed by atoms with van der Waals surface area (Å²) in [6.07, 6.45) is 0. The summed E-state index contributed by atoms with van der Waals surface area (Å²) in [6, 6.07) is 6.39. The van der Waals surface area contributed by atoms with Crippen molar-refractivity contribution in [2.24, 2.45) is 0 Å². The summed E-state index contributed by atoms with van der Waals surface area (Å²) in [5, 5.41) is 4.90. The normalized spacial score (nSPS) is 10.7. The molecular formula is C9H7BrS. The fourth-order valence-corrected chi connectivity index (χ4v) is 2.36. The van der Waals surface area contributed by atoms with E-state index in [1.165, 1.54) is 15.6 Å². The van der Waals surface area contributed by atoms with Crippen molar-refractivity contribution in [2.75, 3.05) is 0 Å². The number of halogens is 1. The number of hydrogen-bond acceptors (Lipinski definition) is 1. The topological polar surface area (TPSA) is 0 Å².